The number of carbonyl (C=O) groups is 1. The Morgan fingerprint density at radius 2 is 2.04 bits per heavy atom. The molecule has 0 atom stereocenters. The number of H-pyrrole nitrogens is 1. The number of nitrogens with zero attached hydrogens (tertiary/aromatic N) is 3. The summed E-state index contributed by atoms with van der Waals surface area (Å²) < 4.78 is 13.8. The number of benzene rings is 1. The summed E-state index contributed by atoms with van der Waals surface area (Å²) in [5.74, 6) is 0.194. The maximum absolute atomic E-state index is 13.8. The van der Waals surface area contributed by atoms with E-state index in [4.69, 9.17) is 0 Å². The lowest BCUT2D eigenvalue weighted by Gasteiger charge is -2.35. The minimum Gasteiger partial charge on any atom is -0.368 e. The van der Waals surface area contributed by atoms with Crippen LogP contribution < -0.4 is 10.2 Å². The van der Waals surface area contributed by atoms with Gasteiger partial charge in [0.05, 0.1) is 11.8 Å². The largest absolute Gasteiger partial charge is 0.368 e. The number of anilines is 2. The van der Waals surface area contributed by atoms with Crippen LogP contribution in [-0.4, -0.2) is 54.0 Å². The van der Waals surface area contributed by atoms with Crippen molar-refractivity contribution in [2.75, 3.05) is 43.4 Å². The fourth-order valence-electron chi connectivity index (χ4n) is 3.19. The van der Waals surface area contributed by atoms with Crippen LogP contribution in [0.3, 0.4) is 0 Å². The Labute approximate surface area is 146 Å². The van der Waals surface area contributed by atoms with Crippen LogP contribution in [0, 0.1) is 5.82 Å². The number of aromatic nitrogens is 2. The second-order valence-corrected chi connectivity index (χ2v) is 6.87. The average Bonchev–Trinajstić information content (AvgIpc) is 3.35. The summed E-state index contributed by atoms with van der Waals surface area (Å²) in [5, 5.41) is 2.77. The van der Waals surface area contributed by atoms with Crippen LogP contribution in [0.4, 0.5) is 16.0 Å². The maximum Gasteiger partial charge on any atom is 0.260 e. The van der Waals surface area contributed by atoms with E-state index in [1.807, 2.05) is 0 Å². The van der Waals surface area contributed by atoms with Crippen LogP contribution in [0.5, 0.6) is 0 Å². The van der Waals surface area contributed by atoms with Gasteiger partial charge in [0.2, 0.25) is 5.95 Å². The summed E-state index contributed by atoms with van der Waals surface area (Å²) in [7, 11) is 2.07. The van der Waals surface area contributed by atoms with Crippen molar-refractivity contribution in [3.63, 3.8) is 0 Å². The number of piperazine rings is 1. The molecule has 0 unspecified atom stereocenters. The normalized spacial score (nSPS) is 18.4. The third-order valence-corrected chi connectivity index (χ3v) is 4.89. The molecule has 2 fully saturated rings. The van der Waals surface area contributed by atoms with E-state index in [0.717, 1.165) is 50.4 Å². The van der Waals surface area contributed by atoms with Crippen LogP contribution in [0.25, 0.3) is 0 Å². The van der Waals surface area contributed by atoms with Crippen molar-refractivity contribution < 1.29 is 9.18 Å². The van der Waals surface area contributed by atoms with Gasteiger partial charge >= 0.3 is 0 Å². The zero-order valence-corrected chi connectivity index (χ0v) is 14.3. The molecule has 1 aromatic carbocycles. The van der Waals surface area contributed by atoms with Gasteiger partial charge in [-0.1, -0.05) is 0 Å². The fraction of sp³-hybridized carbons (Fsp3) is 0.444. The molecular formula is C18H22FN5O. The van der Waals surface area contributed by atoms with Crippen molar-refractivity contribution in [3.8, 4) is 0 Å². The monoisotopic (exact) mass is 343 g/mol. The van der Waals surface area contributed by atoms with Crippen LogP contribution >= 0.6 is 0 Å². The number of hydrogen-bond acceptors (Lipinski definition) is 4. The van der Waals surface area contributed by atoms with E-state index in [-0.39, 0.29) is 5.91 Å². The van der Waals surface area contributed by atoms with Gasteiger partial charge in [-0.05, 0) is 38.1 Å². The highest BCUT2D eigenvalue weighted by Gasteiger charge is 2.26. The van der Waals surface area contributed by atoms with Crippen molar-refractivity contribution in [1.82, 2.24) is 14.9 Å². The standard InChI is InChI=1S/C18H22FN5O/c1-23-6-8-24(9-7-23)16-5-4-13(19)10-14(16)17(25)22-18-20-11-15(21-18)12-2-3-12/h4-5,10-12H,2-3,6-9H2,1H3,(H2,20,21,22,25). The van der Waals surface area contributed by atoms with Gasteiger partial charge in [-0.3, -0.25) is 10.1 Å². The Morgan fingerprint density at radius 1 is 1.28 bits per heavy atom. The molecule has 1 saturated heterocycles. The summed E-state index contributed by atoms with van der Waals surface area (Å²) in [4.78, 5) is 24.4. The van der Waals surface area contributed by atoms with Crippen molar-refractivity contribution in [2.45, 2.75) is 18.8 Å². The van der Waals surface area contributed by atoms with Gasteiger partial charge < -0.3 is 14.8 Å². The van der Waals surface area contributed by atoms with E-state index >= 15 is 0 Å². The zero-order valence-electron chi connectivity index (χ0n) is 14.3. The molecule has 0 bridgehead atoms. The Hall–Kier alpha value is -2.41. The van der Waals surface area contributed by atoms with Gasteiger partial charge in [-0.15, -0.1) is 0 Å². The number of aromatic amines is 1. The average molecular weight is 343 g/mol. The lowest BCUT2D eigenvalue weighted by atomic mass is 10.1. The van der Waals surface area contributed by atoms with E-state index in [9.17, 15) is 9.18 Å². The number of hydrogen-bond donors (Lipinski definition) is 2. The first-order chi connectivity index (χ1) is 12.1. The number of nitrogens with one attached hydrogen (secondary N) is 2. The van der Waals surface area contributed by atoms with Crippen molar-refractivity contribution in [2.24, 2.45) is 0 Å². The van der Waals surface area contributed by atoms with Crippen LogP contribution in [0.1, 0.15) is 34.8 Å². The number of rotatable bonds is 4. The Balaban J connectivity index is 1.54. The van der Waals surface area contributed by atoms with E-state index in [2.05, 4.69) is 32.1 Å². The zero-order chi connectivity index (χ0) is 17.4. The second kappa shape index (κ2) is 6.48. The van der Waals surface area contributed by atoms with Gasteiger partial charge in [0.25, 0.3) is 5.91 Å². The quantitative estimate of drug-likeness (QED) is 0.895. The minimum atomic E-state index is -0.416. The molecule has 0 radical (unpaired) electrons. The van der Waals surface area contributed by atoms with Crippen molar-refractivity contribution in [3.05, 3.63) is 41.5 Å². The highest BCUT2D eigenvalue weighted by Crippen LogP contribution is 2.39. The lowest BCUT2D eigenvalue weighted by Crippen LogP contribution is -2.45. The van der Waals surface area contributed by atoms with E-state index in [0.29, 0.717) is 17.4 Å². The molecule has 1 aromatic heterocycles. The molecule has 2 aromatic rings. The highest BCUT2D eigenvalue weighted by atomic mass is 19.1. The fourth-order valence-corrected chi connectivity index (χ4v) is 3.19. The molecule has 0 spiro atoms. The molecule has 25 heavy (non-hydrogen) atoms. The first-order valence-corrected chi connectivity index (χ1v) is 8.69. The van der Waals surface area contributed by atoms with E-state index in [1.165, 1.54) is 12.1 Å². The van der Waals surface area contributed by atoms with Gasteiger partial charge in [-0.25, -0.2) is 9.37 Å². The molecule has 7 heteroatoms. The third kappa shape index (κ3) is 3.51. The molecule has 4 rings (SSSR count). The van der Waals surface area contributed by atoms with Crippen molar-refractivity contribution in [1.29, 1.82) is 0 Å². The summed E-state index contributed by atoms with van der Waals surface area (Å²) in [6.07, 6.45) is 4.08. The lowest BCUT2D eigenvalue weighted by molar-refractivity contribution is 0.102. The van der Waals surface area contributed by atoms with Gasteiger partial charge in [-0.2, -0.15) is 0 Å². The molecular weight excluding hydrogens is 321 g/mol. The number of imidazole rings is 1. The Kier molecular flexibility index (Phi) is 4.17. The molecule has 6 nitrogen and oxygen atoms in total. The summed E-state index contributed by atoms with van der Waals surface area (Å²) in [6, 6.07) is 4.39. The predicted molar refractivity (Wildman–Crippen MR) is 94.6 cm³/mol. The van der Waals surface area contributed by atoms with Gasteiger partial charge in [0, 0.05) is 43.5 Å². The summed E-state index contributed by atoms with van der Waals surface area (Å²) in [5.41, 5.74) is 2.16. The molecule has 1 saturated carbocycles. The Bertz CT molecular complexity index is 778. The molecule has 2 heterocycles. The molecule has 1 amide bonds. The van der Waals surface area contributed by atoms with E-state index < -0.39 is 5.82 Å². The maximum atomic E-state index is 13.8. The smallest absolute Gasteiger partial charge is 0.260 e. The highest BCUT2D eigenvalue weighted by molar-refractivity contribution is 6.07. The number of likely N-dealkylation sites (N-methyl/N-ethyl adjacent to an activating group) is 1. The minimum absolute atomic E-state index is 0.342. The molecule has 1 aliphatic carbocycles. The van der Waals surface area contributed by atoms with Crippen molar-refractivity contribution >= 4 is 17.5 Å². The molecule has 2 N–H and O–H groups in total. The van der Waals surface area contributed by atoms with Crippen LogP contribution in [-0.2, 0) is 0 Å². The SMILES string of the molecule is CN1CCN(c2ccc(F)cc2C(=O)Nc2ncc(C3CC3)[nH]2)CC1. The molecule has 1 aliphatic heterocycles. The summed E-state index contributed by atoms with van der Waals surface area (Å²) in [6.45, 7) is 3.47. The van der Waals surface area contributed by atoms with Gasteiger partial charge in [0.1, 0.15) is 5.82 Å². The number of amides is 1. The van der Waals surface area contributed by atoms with Crippen LogP contribution in [0.2, 0.25) is 0 Å². The first kappa shape index (κ1) is 16.1. The summed E-state index contributed by atoms with van der Waals surface area (Å²) >= 11 is 0. The van der Waals surface area contributed by atoms with Gasteiger partial charge in [0.15, 0.2) is 0 Å². The molecule has 132 valence electrons. The second-order valence-electron chi connectivity index (χ2n) is 6.87. The number of carbonyl (C=O) groups excluding carboxylic acids is 1. The number of halogens is 1. The molecule has 2 aliphatic rings. The predicted octanol–water partition coefficient (Wildman–Crippen LogP) is 2.43. The van der Waals surface area contributed by atoms with Crippen LogP contribution in [0.15, 0.2) is 24.4 Å². The first-order valence-electron chi connectivity index (χ1n) is 8.69. The van der Waals surface area contributed by atoms with E-state index in [1.54, 1.807) is 12.3 Å². The topological polar surface area (TPSA) is 64.3 Å². The Morgan fingerprint density at radius 3 is 2.76 bits per heavy atom. The third-order valence-electron chi connectivity index (χ3n) is 4.89.